The number of anilines is 2. The van der Waals surface area contributed by atoms with Crippen LogP contribution in [0.4, 0.5) is 11.4 Å². The Hall–Kier alpha value is -2.00. The van der Waals surface area contributed by atoms with Crippen molar-refractivity contribution in [2.24, 2.45) is 0 Å². The lowest BCUT2D eigenvalue weighted by atomic mass is 10.1. The summed E-state index contributed by atoms with van der Waals surface area (Å²) in [4.78, 5) is 12.0. The number of nitrogens with two attached hydrogens (primary N) is 1. The Morgan fingerprint density at radius 1 is 1.14 bits per heavy atom. The van der Waals surface area contributed by atoms with Crippen molar-refractivity contribution in [2.45, 2.75) is 26.7 Å². The van der Waals surface area contributed by atoms with Crippen molar-refractivity contribution < 1.29 is 4.79 Å². The van der Waals surface area contributed by atoms with Crippen LogP contribution in [0.1, 0.15) is 23.1 Å². The van der Waals surface area contributed by atoms with E-state index >= 15 is 0 Å². The molecule has 0 saturated carbocycles. The standard InChI is InChI=1S/C17H19ClN2O/c1-11-3-4-13(10-15(11)19)5-8-17(21)20-16-7-6-14(18)9-12(16)2/h3-4,6-7,9-10H,5,8,19H2,1-2H3,(H,20,21). The maximum absolute atomic E-state index is 12.0. The highest BCUT2D eigenvalue weighted by molar-refractivity contribution is 6.30. The first-order valence-electron chi connectivity index (χ1n) is 6.86. The van der Waals surface area contributed by atoms with Gasteiger partial charge in [0.15, 0.2) is 0 Å². The highest BCUT2D eigenvalue weighted by atomic mass is 35.5. The average Bonchev–Trinajstić information content (AvgIpc) is 2.43. The molecule has 0 radical (unpaired) electrons. The highest BCUT2D eigenvalue weighted by Crippen LogP contribution is 2.20. The van der Waals surface area contributed by atoms with Gasteiger partial charge in [0, 0.05) is 22.8 Å². The molecule has 0 aliphatic carbocycles. The molecule has 2 rings (SSSR count). The van der Waals surface area contributed by atoms with Crippen LogP contribution < -0.4 is 11.1 Å². The molecule has 0 atom stereocenters. The number of nitrogens with one attached hydrogen (secondary N) is 1. The Bertz CT molecular complexity index is 668. The zero-order valence-corrected chi connectivity index (χ0v) is 13.0. The van der Waals surface area contributed by atoms with Gasteiger partial charge in [0.1, 0.15) is 0 Å². The largest absolute Gasteiger partial charge is 0.399 e. The van der Waals surface area contributed by atoms with Gasteiger partial charge < -0.3 is 11.1 Å². The number of benzene rings is 2. The maximum Gasteiger partial charge on any atom is 0.224 e. The molecule has 0 heterocycles. The average molecular weight is 303 g/mol. The first-order valence-corrected chi connectivity index (χ1v) is 7.24. The molecule has 110 valence electrons. The van der Waals surface area contributed by atoms with Crippen LogP contribution in [0.2, 0.25) is 5.02 Å². The summed E-state index contributed by atoms with van der Waals surface area (Å²) >= 11 is 5.90. The van der Waals surface area contributed by atoms with Crippen LogP contribution in [0.25, 0.3) is 0 Å². The number of hydrogen-bond acceptors (Lipinski definition) is 2. The molecule has 2 aromatic rings. The van der Waals surface area contributed by atoms with Crippen LogP contribution in [-0.2, 0) is 11.2 Å². The summed E-state index contributed by atoms with van der Waals surface area (Å²) in [5, 5.41) is 3.57. The van der Waals surface area contributed by atoms with Crippen LogP contribution in [0.3, 0.4) is 0 Å². The van der Waals surface area contributed by atoms with E-state index in [9.17, 15) is 4.79 Å². The van der Waals surface area contributed by atoms with Gasteiger partial charge in [0.25, 0.3) is 0 Å². The zero-order valence-electron chi connectivity index (χ0n) is 12.2. The molecule has 1 amide bonds. The van der Waals surface area contributed by atoms with Gasteiger partial charge in [0.05, 0.1) is 0 Å². The molecular formula is C17H19ClN2O. The third kappa shape index (κ3) is 4.23. The zero-order chi connectivity index (χ0) is 15.4. The molecule has 0 bridgehead atoms. The number of carbonyl (C=O) groups is 1. The quantitative estimate of drug-likeness (QED) is 0.835. The molecule has 0 aromatic heterocycles. The van der Waals surface area contributed by atoms with E-state index in [-0.39, 0.29) is 5.91 Å². The highest BCUT2D eigenvalue weighted by Gasteiger charge is 2.06. The minimum Gasteiger partial charge on any atom is -0.399 e. The first kappa shape index (κ1) is 15.4. The predicted octanol–water partition coefficient (Wildman–Crippen LogP) is 4.11. The lowest BCUT2D eigenvalue weighted by Gasteiger charge is -2.09. The fourth-order valence-corrected chi connectivity index (χ4v) is 2.31. The Kier molecular flexibility index (Phi) is 4.86. The Labute approximate surface area is 130 Å². The molecule has 0 unspecified atom stereocenters. The van der Waals surface area contributed by atoms with E-state index < -0.39 is 0 Å². The van der Waals surface area contributed by atoms with E-state index in [0.29, 0.717) is 17.9 Å². The predicted molar refractivity (Wildman–Crippen MR) is 88.7 cm³/mol. The first-order chi connectivity index (χ1) is 9.95. The van der Waals surface area contributed by atoms with Crippen LogP contribution in [0, 0.1) is 13.8 Å². The van der Waals surface area contributed by atoms with Crippen LogP contribution in [0.15, 0.2) is 36.4 Å². The van der Waals surface area contributed by atoms with E-state index in [1.807, 2.05) is 44.2 Å². The number of amides is 1. The lowest BCUT2D eigenvalue weighted by Crippen LogP contribution is -2.13. The second-order valence-electron chi connectivity index (χ2n) is 5.20. The van der Waals surface area contributed by atoms with Crippen molar-refractivity contribution in [3.8, 4) is 0 Å². The van der Waals surface area contributed by atoms with E-state index in [4.69, 9.17) is 17.3 Å². The van der Waals surface area contributed by atoms with Crippen molar-refractivity contribution in [3.63, 3.8) is 0 Å². The molecule has 2 aromatic carbocycles. The van der Waals surface area contributed by atoms with Gasteiger partial charge in [-0.05, 0) is 61.2 Å². The molecule has 21 heavy (non-hydrogen) atoms. The second-order valence-corrected chi connectivity index (χ2v) is 5.63. The number of halogens is 1. The van der Waals surface area contributed by atoms with Crippen molar-refractivity contribution in [1.29, 1.82) is 0 Å². The third-order valence-corrected chi connectivity index (χ3v) is 3.68. The van der Waals surface area contributed by atoms with Crippen LogP contribution in [0.5, 0.6) is 0 Å². The van der Waals surface area contributed by atoms with Gasteiger partial charge in [-0.2, -0.15) is 0 Å². The van der Waals surface area contributed by atoms with E-state index in [2.05, 4.69) is 5.32 Å². The molecule has 4 heteroatoms. The molecule has 0 fully saturated rings. The molecule has 3 N–H and O–H groups in total. The van der Waals surface area contributed by atoms with E-state index in [1.54, 1.807) is 6.07 Å². The van der Waals surface area contributed by atoms with Gasteiger partial charge >= 0.3 is 0 Å². The molecule has 0 aliphatic rings. The topological polar surface area (TPSA) is 55.1 Å². The number of aryl methyl sites for hydroxylation is 3. The summed E-state index contributed by atoms with van der Waals surface area (Å²) in [6, 6.07) is 11.3. The minimum absolute atomic E-state index is 0.0143. The summed E-state index contributed by atoms with van der Waals surface area (Å²) in [7, 11) is 0. The number of hydrogen-bond donors (Lipinski definition) is 2. The van der Waals surface area contributed by atoms with Crippen LogP contribution >= 0.6 is 11.6 Å². The minimum atomic E-state index is -0.0143. The van der Waals surface area contributed by atoms with Crippen molar-refractivity contribution in [1.82, 2.24) is 0 Å². The van der Waals surface area contributed by atoms with Crippen LogP contribution in [-0.4, -0.2) is 5.91 Å². The van der Waals surface area contributed by atoms with E-state index in [0.717, 1.165) is 28.1 Å². The normalized spacial score (nSPS) is 10.4. The molecule has 0 spiro atoms. The van der Waals surface area contributed by atoms with Gasteiger partial charge in [-0.3, -0.25) is 4.79 Å². The summed E-state index contributed by atoms with van der Waals surface area (Å²) in [6.45, 7) is 3.89. The van der Waals surface area contributed by atoms with Gasteiger partial charge in [-0.1, -0.05) is 23.7 Å². The molecular weight excluding hydrogens is 284 g/mol. The third-order valence-electron chi connectivity index (χ3n) is 3.45. The molecule has 0 aliphatic heterocycles. The van der Waals surface area contributed by atoms with Crippen molar-refractivity contribution in [2.75, 3.05) is 11.1 Å². The van der Waals surface area contributed by atoms with Crippen molar-refractivity contribution >= 4 is 28.9 Å². The van der Waals surface area contributed by atoms with E-state index in [1.165, 1.54) is 0 Å². The SMILES string of the molecule is Cc1ccc(CCC(=O)Nc2ccc(Cl)cc2C)cc1N. The monoisotopic (exact) mass is 302 g/mol. The summed E-state index contributed by atoms with van der Waals surface area (Å²) in [6.07, 6.45) is 1.09. The fourth-order valence-electron chi connectivity index (χ4n) is 2.08. The Morgan fingerprint density at radius 2 is 1.90 bits per heavy atom. The summed E-state index contributed by atoms with van der Waals surface area (Å²) < 4.78 is 0. The molecule has 0 saturated heterocycles. The number of rotatable bonds is 4. The summed E-state index contributed by atoms with van der Waals surface area (Å²) in [5.74, 6) is -0.0143. The smallest absolute Gasteiger partial charge is 0.224 e. The Morgan fingerprint density at radius 3 is 2.57 bits per heavy atom. The second kappa shape index (κ2) is 6.64. The fraction of sp³-hybridized carbons (Fsp3) is 0.235. The number of nitrogen functional groups attached to an aromatic ring is 1. The summed E-state index contributed by atoms with van der Waals surface area (Å²) in [5.41, 5.74) is 10.5. The van der Waals surface area contributed by atoms with Gasteiger partial charge in [-0.25, -0.2) is 0 Å². The molecule has 3 nitrogen and oxygen atoms in total. The number of carbonyl (C=O) groups excluding carboxylic acids is 1. The van der Waals surface area contributed by atoms with Gasteiger partial charge in [-0.15, -0.1) is 0 Å². The van der Waals surface area contributed by atoms with Gasteiger partial charge in [0.2, 0.25) is 5.91 Å². The van der Waals surface area contributed by atoms with Crippen molar-refractivity contribution in [3.05, 3.63) is 58.1 Å². The lowest BCUT2D eigenvalue weighted by molar-refractivity contribution is -0.116. The Balaban J connectivity index is 1.94. The maximum atomic E-state index is 12.0.